The second kappa shape index (κ2) is 9.93. The van der Waals surface area contributed by atoms with Gasteiger partial charge in [-0.25, -0.2) is 0 Å². The molecule has 0 atom stereocenters. The molecule has 0 aromatic rings. The molecular formula is H2B2Na2O5. The van der Waals surface area contributed by atoms with Gasteiger partial charge in [-0.2, -0.15) is 0 Å². The molecule has 0 aliphatic rings. The molecular weight excluding hydrogens is 148 g/mol. The van der Waals surface area contributed by atoms with Crippen LogP contribution >= 0.6 is 0 Å². The third-order valence-electron chi connectivity index (χ3n) is 0.233. The van der Waals surface area contributed by atoms with Crippen molar-refractivity contribution in [3.05, 3.63) is 0 Å². The number of rotatable bonds is 2. The summed E-state index contributed by atoms with van der Waals surface area (Å²) in [5.41, 5.74) is 0. The zero-order valence-corrected chi connectivity index (χ0v) is 9.27. The van der Waals surface area contributed by atoms with Crippen molar-refractivity contribution in [3.8, 4) is 0 Å². The molecule has 2 N–H and O–H groups in total. The first-order chi connectivity index (χ1) is 3.13. The molecule has 0 amide bonds. The maximum atomic E-state index is 9.24. The fourth-order valence-electron chi connectivity index (χ4n) is 0.0994. The third kappa shape index (κ3) is 17.8. The molecule has 0 saturated carbocycles. The van der Waals surface area contributed by atoms with Crippen LogP contribution in [0.2, 0.25) is 0 Å². The summed E-state index contributed by atoms with van der Waals surface area (Å²) in [4.78, 5) is 0. The Balaban J connectivity index is -0.000000180. The maximum Gasteiger partial charge on any atom is 1.00 e. The van der Waals surface area contributed by atoms with E-state index in [1.54, 1.807) is 0 Å². The average molecular weight is 150 g/mol. The minimum atomic E-state index is -2.62. The first kappa shape index (κ1) is 17.1. The van der Waals surface area contributed by atoms with E-state index in [1.165, 1.54) is 0 Å². The van der Waals surface area contributed by atoms with Crippen LogP contribution in [-0.2, 0) is 4.57 Å². The smallest absolute Gasteiger partial charge is 0.872 e. The van der Waals surface area contributed by atoms with E-state index < -0.39 is 14.6 Å². The van der Waals surface area contributed by atoms with Gasteiger partial charge in [0.2, 0.25) is 0 Å². The van der Waals surface area contributed by atoms with Crippen LogP contribution in [0.3, 0.4) is 0 Å². The van der Waals surface area contributed by atoms with Gasteiger partial charge in [0.1, 0.15) is 0 Å². The average Bonchev–Trinajstić information content (AvgIpc) is 1.27. The molecule has 0 radical (unpaired) electrons. The van der Waals surface area contributed by atoms with E-state index in [0.717, 1.165) is 0 Å². The van der Waals surface area contributed by atoms with Crippen molar-refractivity contribution >= 4 is 14.6 Å². The Morgan fingerprint density at radius 3 is 1.44 bits per heavy atom. The van der Waals surface area contributed by atoms with Gasteiger partial charge in [-0.05, 0) is 0 Å². The number of hydrogen-bond acceptors (Lipinski definition) is 5. The molecule has 9 heavy (non-hydrogen) atoms. The van der Waals surface area contributed by atoms with Gasteiger partial charge < -0.3 is 24.7 Å². The van der Waals surface area contributed by atoms with Gasteiger partial charge in [0.25, 0.3) is 0 Å². The Hall–Kier alpha value is 1.93. The molecule has 0 fully saturated rings. The van der Waals surface area contributed by atoms with Crippen molar-refractivity contribution in [1.82, 2.24) is 0 Å². The molecule has 0 saturated heterocycles. The minimum Gasteiger partial charge on any atom is -0.872 e. The van der Waals surface area contributed by atoms with Gasteiger partial charge in [-0.1, -0.05) is 0 Å². The van der Waals surface area contributed by atoms with Crippen LogP contribution in [0.5, 0.6) is 0 Å². The van der Waals surface area contributed by atoms with Gasteiger partial charge in [0, 0.05) is 7.32 Å². The van der Waals surface area contributed by atoms with E-state index in [1.807, 2.05) is 0 Å². The molecule has 0 bridgehead atoms. The van der Waals surface area contributed by atoms with Crippen molar-refractivity contribution in [2.24, 2.45) is 0 Å². The van der Waals surface area contributed by atoms with E-state index in [4.69, 9.17) is 10.0 Å². The van der Waals surface area contributed by atoms with E-state index in [-0.39, 0.29) is 59.1 Å². The van der Waals surface area contributed by atoms with Crippen molar-refractivity contribution in [2.75, 3.05) is 0 Å². The summed E-state index contributed by atoms with van der Waals surface area (Å²) in [5.74, 6) is 0. The molecule has 40 valence electrons. The quantitative estimate of drug-likeness (QED) is 0.380. The van der Waals surface area contributed by atoms with Crippen LogP contribution in [0.25, 0.3) is 0 Å². The predicted molar refractivity (Wildman–Crippen MR) is 17.0 cm³/mol. The Morgan fingerprint density at radius 1 is 1.11 bits per heavy atom. The summed E-state index contributed by atoms with van der Waals surface area (Å²) >= 11 is 0. The Kier molecular flexibility index (Phi) is 18.9. The molecule has 0 rings (SSSR count). The topological polar surface area (TPSA) is 95.8 Å². The van der Waals surface area contributed by atoms with Crippen LogP contribution < -0.4 is 69.2 Å². The minimum absolute atomic E-state index is 0. The van der Waals surface area contributed by atoms with Gasteiger partial charge in [-0.3, -0.25) is 0 Å². The second-order valence-corrected chi connectivity index (χ2v) is 0.751. The van der Waals surface area contributed by atoms with E-state index >= 15 is 0 Å². The molecule has 0 unspecified atom stereocenters. The molecule has 0 aliphatic carbocycles. The maximum absolute atomic E-state index is 9.24. The molecule has 9 heteroatoms. The zero-order valence-electron chi connectivity index (χ0n) is 5.27. The fraction of sp³-hybridized carbons (Fsp3) is 0. The van der Waals surface area contributed by atoms with Crippen LogP contribution in [0, 0.1) is 0 Å². The van der Waals surface area contributed by atoms with Crippen molar-refractivity contribution in [2.45, 2.75) is 0 Å². The standard InChI is InChI=1S/B2H2O5.2Na/c3-1(4)7-2(5)6;;/h3-4H;;/q-2;2*+1. The van der Waals surface area contributed by atoms with Crippen molar-refractivity contribution in [1.29, 1.82) is 0 Å². The second-order valence-electron chi connectivity index (χ2n) is 0.751. The van der Waals surface area contributed by atoms with Gasteiger partial charge >= 0.3 is 66.4 Å². The van der Waals surface area contributed by atoms with Crippen molar-refractivity contribution < 1.29 is 83.8 Å². The van der Waals surface area contributed by atoms with Gasteiger partial charge in [0.05, 0.1) is 0 Å². The third-order valence-corrected chi connectivity index (χ3v) is 0.233. The van der Waals surface area contributed by atoms with Crippen molar-refractivity contribution in [3.63, 3.8) is 0 Å². The van der Waals surface area contributed by atoms with Gasteiger partial charge in [-0.15, -0.1) is 0 Å². The van der Waals surface area contributed by atoms with E-state index in [0.29, 0.717) is 0 Å². The monoisotopic (exact) mass is 150 g/mol. The normalized spacial score (nSPS) is 6.67. The summed E-state index contributed by atoms with van der Waals surface area (Å²) in [5, 5.41) is 33.8. The summed E-state index contributed by atoms with van der Waals surface area (Å²) < 4.78 is 3.25. The van der Waals surface area contributed by atoms with E-state index in [2.05, 4.69) is 4.57 Å². The van der Waals surface area contributed by atoms with Gasteiger partial charge in [0.15, 0.2) is 0 Å². The molecule has 0 aliphatic heterocycles. The predicted octanol–water partition coefficient (Wildman–Crippen LogP) is -10.3. The largest absolute Gasteiger partial charge is 1.00 e. The summed E-state index contributed by atoms with van der Waals surface area (Å²) in [6, 6.07) is 0. The Morgan fingerprint density at radius 2 is 1.44 bits per heavy atom. The molecule has 0 aromatic carbocycles. The number of hydrogen-bond donors (Lipinski definition) is 2. The Bertz CT molecular complexity index is 42.2. The van der Waals surface area contributed by atoms with Crippen LogP contribution in [0.1, 0.15) is 0 Å². The molecule has 0 spiro atoms. The summed E-state index contributed by atoms with van der Waals surface area (Å²) in [6.07, 6.45) is 0. The van der Waals surface area contributed by atoms with E-state index in [9.17, 15) is 10.0 Å². The zero-order chi connectivity index (χ0) is 5.86. The first-order valence-corrected chi connectivity index (χ1v) is 1.46. The Labute approximate surface area is 97.3 Å². The molecule has 0 heterocycles. The van der Waals surface area contributed by atoms with Crippen LogP contribution in [0.15, 0.2) is 0 Å². The molecule has 0 aromatic heterocycles. The first-order valence-electron chi connectivity index (χ1n) is 1.46. The SMILES string of the molecule is [Na+].[Na+].[O-]B([O-])OB(O)O. The summed E-state index contributed by atoms with van der Waals surface area (Å²) in [7, 11) is -4.88. The fourth-order valence-corrected chi connectivity index (χ4v) is 0.0994. The summed E-state index contributed by atoms with van der Waals surface area (Å²) in [6.45, 7) is 0. The molecule has 5 nitrogen and oxygen atoms in total. The van der Waals surface area contributed by atoms with Crippen LogP contribution in [-0.4, -0.2) is 24.7 Å². The van der Waals surface area contributed by atoms with Crippen LogP contribution in [0.4, 0.5) is 0 Å².